The van der Waals surface area contributed by atoms with Gasteiger partial charge in [0, 0.05) is 17.5 Å². The van der Waals surface area contributed by atoms with Gasteiger partial charge in [-0.3, -0.25) is 4.79 Å². The number of phenolic OH excluding ortho intramolecular Hbond substituents is 1. The maximum atomic E-state index is 11.9. The molecule has 1 aromatic heterocycles. The fourth-order valence-electron chi connectivity index (χ4n) is 1.54. The molecule has 92 valence electrons. The number of rotatable bonds is 4. The summed E-state index contributed by atoms with van der Waals surface area (Å²) in [6, 6.07) is 8.71. The van der Waals surface area contributed by atoms with Gasteiger partial charge in [0.25, 0.3) is 0 Å². The number of carbonyl (C=O) groups excluding carboxylic acids is 1. The Morgan fingerprint density at radius 1 is 1.39 bits per heavy atom. The van der Waals surface area contributed by atoms with E-state index in [0.717, 1.165) is 4.88 Å². The van der Waals surface area contributed by atoms with E-state index in [9.17, 15) is 9.90 Å². The summed E-state index contributed by atoms with van der Waals surface area (Å²) < 4.78 is 0. The molecular weight excluding hydrogens is 246 g/mol. The number of thiophene rings is 1. The van der Waals surface area contributed by atoms with E-state index in [-0.39, 0.29) is 11.5 Å². The van der Waals surface area contributed by atoms with Crippen LogP contribution >= 0.6 is 11.3 Å². The van der Waals surface area contributed by atoms with E-state index in [1.165, 1.54) is 12.1 Å². The molecule has 2 N–H and O–H groups in total. The van der Waals surface area contributed by atoms with Gasteiger partial charge in [0.15, 0.2) is 5.78 Å². The topological polar surface area (TPSA) is 49.3 Å². The van der Waals surface area contributed by atoms with Gasteiger partial charge in [-0.2, -0.15) is 0 Å². The van der Waals surface area contributed by atoms with Crippen molar-refractivity contribution in [1.29, 1.82) is 0 Å². The molecule has 1 aromatic carbocycles. The molecule has 0 radical (unpaired) electrons. The molecule has 0 bridgehead atoms. The predicted molar refractivity (Wildman–Crippen MR) is 75.3 cm³/mol. The second kappa shape index (κ2) is 5.51. The van der Waals surface area contributed by atoms with Gasteiger partial charge in [0.1, 0.15) is 5.75 Å². The maximum Gasteiger partial charge on any atom is 0.186 e. The lowest BCUT2D eigenvalue weighted by Gasteiger charge is -2.04. The number of nitrogens with one attached hydrogen (secondary N) is 1. The second-order valence-corrected chi connectivity index (χ2v) is 4.67. The van der Waals surface area contributed by atoms with E-state index in [1.807, 2.05) is 17.5 Å². The molecule has 0 spiro atoms. The molecule has 0 fully saturated rings. The Morgan fingerprint density at radius 2 is 2.22 bits per heavy atom. The Morgan fingerprint density at radius 3 is 2.83 bits per heavy atom. The van der Waals surface area contributed by atoms with Gasteiger partial charge in [-0.25, -0.2) is 0 Å². The Bertz CT molecular complexity index is 573. The quantitative estimate of drug-likeness (QED) is 0.502. The second-order valence-electron chi connectivity index (χ2n) is 3.69. The van der Waals surface area contributed by atoms with E-state index in [2.05, 4.69) is 5.32 Å². The number of phenols is 1. The first kappa shape index (κ1) is 12.4. The first-order chi connectivity index (χ1) is 8.70. The van der Waals surface area contributed by atoms with Crippen LogP contribution in [-0.2, 0) is 0 Å². The highest BCUT2D eigenvalue weighted by atomic mass is 32.1. The predicted octanol–water partition coefficient (Wildman–Crippen LogP) is 3.39. The van der Waals surface area contributed by atoms with Crippen LogP contribution in [-0.4, -0.2) is 17.9 Å². The summed E-state index contributed by atoms with van der Waals surface area (Å²) in [6.45, 7) is 0. The molecule has 18 heavy (non-hydrogen) atoms. The molecule has 2 rings (SSSR count). The molecule has 0 aliphatic carbocycles. The molecule has 2 aromatic rings. The number of carbonyl (C=O) groups is 1. The number of ketones is 1. The standard InChI is InChI=1S/C14H13NO2S/c1-15-12-6-4-10(9-14(12)17)13(16)7-5-11-3-2-8-18-11/h2-9,15,17H,1H3/b7-5+. The molecule has 3 nitrogen and oxygen atoms in total. The molecule has 0 amide bonds. The molecule has 1 heterocycles. The van der Waals surface area contributed by atoms with Crippen LogP contribution in [0.15, 0.2) is 41.8 Å². The average molecular weight is 259 g/mol. The van der Waals surface area contributed by atoms with E-state index < -0.39 is 0 Å². The van der Waals surface area contributed by atoms with Crippen molar-refractivity contribution in [2.75, 3.05) is 12.4 Å². The van der Waals surface area contributed by atoms with Crippen molar-refractivity contribution in [1.82, 2.24) is 0 Å². The normalized spacial score (nSPS) is 10.7. The first-order valence-electron chi connectivity index (χ1n) is 5.47. The third-order valence-corrected chi connectivity index (χ3v) is 3.33. The summed E-state index contributed by atoms with van der Waals surface area (Å²) in [7, 11) is 1.72. The third kappa shape index (κ3) is 2.78. The minimum Gasteiger partial charge on any atom is -0.506 e. The summed E-state index contributed by atoms with van der Waals surface area (Å²) in [5.74, 6) is -0.0470. The molecule has 0 aliphatic heterocycles. The number of benzene rings is 1. The van der Waals surface area contributed by atoms with Crippen LogP contribution in [0.4, 0.5) is 5.69 Å². The summed E-state index contributed by atoms with van der Waals surface area (Å²) in [6.07, 6.45) is 3.29. The smallest absolute Gasteiger partial charge is 0.186 e. The molecular formula is C14H13NO2S. The van der Waals surface area contributed by atoms with Crippen molar-refractivity contribution < 1.29 is 9.90 Å². The number of allylic oxidation sites excluding steroid dienone is 1. The molecule has 0 saturated heterocycles. The van der Waals surface area contributed by atoms with E-state index in [0.29, 0.717) is 11.3 Å². The SMILES string of the molecule is CNc1ccc(C(=O)/C=C/c2cccs2)cc1O. The van der Waals surface area contributed by atoms with Gasteiger partial charge in [0.2, 0.25) is 0 Å². The van der Waals surface area contributed by atoms with Crippen LogP contribution in [0.1, 0.15) is 15.2 Å². The van der Waals surface area contributed by atoms with E-state index in [4.69, 9.17) is 0 Å². The average Bonchev–Trinajstić information content (AvgIpc) is 2.89. The lowest BCUT2D eigenvalue weighted by molar-refractivity contribution is 0.104. The van der Waals surface area contributed by atoms with E-state index in [1.54, 1.807) is 36.6 Å². The Kier molecular flexibility index (Phi) is 3.79. The third-order valence-electron chi connectivity index (χ3n) is 2.49. The zero-order valence-electron chi connectivity index (χ0n) is 9.88. The van der Waals surface area contributed by atoms with Crippen LogP contribution in [0.5, 0.6) is 5.75 Å². The maximum absolute atomic E-state index is 11.9. The minimum absolute atomic E-state index is 0.0767. The monoisotopic (exact) mass is 259 g/mol. The summed E-state index contributed by atoms with van der Waals surface area (Å²) in [4.78, 5) is 12.9. The Balaban J connectivity index is 2.16. The van der Waals surface area contributed by atoms with Crippen LogP contribution < -0.4 is 5.32 Å². The molecule has 0 unspecified atom stereocenters. The van der Waals surface area contributed by atoms with Crippen LogP contribution in [0, 0.1) is 0 Å². The fourth-order valence-corrected chi connectivity index (χ4v) is 2.15. The number of anilines is 1. The highest BCUT2D eigenvalue weighted by Crippen LogP contribution is 2.24. The van der Waals surface area contributed by atoms with Crippen molar-refractivity contribution in [3.8, 4) is 5.75 Å². The number of hydrogen-bond donors (Lipinski definition) is 2. The van der Waals surface area contributed by atoms with Crippen LogP contribution in [0.25, 0.3) is 6.08 Å². The van der Waals surface area contributed by atoms with Gasteiger partial charge < -0.3 is 10.4 Å². The number of hydrogen-bond acceptors (Lipinski definition) is 4. The number of aromatic hydroxyl groups is 1. The fraction of sp³-hybridized carbons (Fsp3) is 0.0714. The van der Waals surface area contributed by atoms with Gasteiger partial charge in [-0.05, 0) is 41.8 Å². The van der Waals surface area contributed by atoms with Crippen molar-refractivity contribution >= 4 is 28.9 Å². The summed E-state index contributed by atoms with van der Waals surface area (Å²) >= 11 is 1.57. The largest absolute Gasteiger partial charge is 0.506 e. The lowest BCUT2D eigenvalue weighted by atomic mass is 10.1. The lowest BCUT2D eigenvalue weighted by Crippen LogP contribution is -1.95. The van der Waals surface area contributed by atoms with Gasteiger partial charge in [-0.15, -0.1) is 11.3 Å². The Labute approximate surface area is 109 Å². The highest BCUT2D eigenvalue weighted by molar-refractivity contribution is 7.10. The van der Waals surface area contributed by atoms with Gasteiger partial charge in [-0.1, -0.05) is 6.07 Å². The van der Waals surface area contributed by atoms with Crippen molar-refractivity contribution in [2.24, 2.45) is 0 Å². The zero-order valence-corrected chi connectivity index (χ0v) is 10.7. The van der Waals surface area contributed by atoms with Gasteiger partial charge >= 0.3 is 0 Å². The summed E-state index contributed by atoms with van der Waals surface area (Å²) in [5.41, 5.74) is 1.08. The van der Waals surface area contributed by atoms with E-state index >= 15 is 0 Å². The van der Waals surface area contributed by atoms with Crippen molar-refractivity contribution in [2.45, 2.75) is 0 Å². The van der Waals surface area contributed by atoms with Crippen molar-refractivity contribution in [3.63, 3.8) is 0 Å². The first-order valence-corrected chi connectivity index (χ1v) is 6.35. The molecule has 4 heteroatoms. The van der Waals surface area contributed by atoms with Crippen LogP contribution in [0.2, 0.25) is 0 Å². The molecule has 0 aliphatic rings. The van der Waals surface area contributed by atoms with Crippen LogP contribution in [0.3, 0.4) is 0 Å². The Hall–Kier alpha value is -2.07. The van der Waals surface area contributed by atoms with Crippen molar-refractivity contribution in [3.05, 3.63) is 52.2 Å². The minimum atomic E-state index is -0.124. The molecule has 0 saturated carbocycles. The summed E-state index contributed by atoms with van der Waals surface area (Å²) in [5, 5.41) is 14.4. The van der Waals surface area contributed by atoms with Gasteiger partial charge in [0.05, 0.1) is 5.69 Å². The molecule has 0 atom stereocenters. The zero-order chi connectivity index (χ0) is 13.0. The highest BCUT2D eigenvalue weighted by Gasteiger charge is 2.05.